The van der Waals surface area contributed by atoms with Gasteiger partial charge in [0.25, 0.3) is 0 Å². The van der Waals surface area contributed by atoms with Gasteiger partial charge >= 0.3 is 0 Å². The highest BCUT2D eigenvalue weighted by atomic mass is 35.5. The fraction of sp³-hybridized carbons (Fsp3) is 0.900. The van der Waals surface area contributed by atoms with Crippen LogP contribution < -0.4 is 10.6 Å². The van der Waals surface area contributed by atoms with Crippen molar-refractivity contribution in [2.75, 3.05) is 26.3 Å². The molecule has 0 aromatic rings. The van der Waals surface area contributed by atoms with Crippen LogP contribution in [0.2, 0.25) is 0 Å². The molecule has 1 aliphatic rings. The molecular weight excluding hydrogens is 216 g/mol. The summed E-state index contributed by atoms with van der Waals surface area (Å²) in [4.78, 5) is 11.4. The number of rotatable bonds is 5. The lowest BCUT2D eigenvalue weighted by atomic mass is 10.1. The van der Waals surface area contributed by atoms with Crippen LogP contribution in [0, 0.1) is 0 Å². The van der Waals surface area contributed by atoms with E-state index in [4.69, 9.17) is 4.74 Å². The summed E-state index contributed by atoms with van der Waals surface area (Å²) < 4.78 is 5.12. The number of ether oxygens (including phenoxy) is 1. The van der Waals surface area contributed by atoms with E-state index in [0.29, 0.717) is 25.7 Å². The van der Waals surface area contributed by atoms with E-state index in [0.717, 1.165) is 25.9 Å². The zero-order chi connectivity index (χ0) is 10.2. The second-order valence-electron chi connectivity index (χ2n) is 3.54. The molecule has 1 saturated heterocycles. The van der Waals surface area contributed by atoms with Crippen LogP contribution in [0.4, 0.5) is 0 Å². The second kappa shape index (κ2) is 8.95. The first-order valence-electron chi connectivity index (χ1n) is 5.40. The fourth-order valence-corrected chi connectivity index (χ4v) is 1.58. The first-order valence-corrected chi connectivity index (χ1v) is 5.40. The molecular formula is C10H21ClN2O2. The van der Waals surface area contributed by atoms with Crippen molar-refractivity contribution < 1.29 is 9.53 Å². The van der Waals surface area contributed by atoms with Crippen LogP contribution in [0.25, 0.3) is 0 Å². The van der Waals surface area contributed by atoms with Gasteiger partial charge in [0.15, 0.2) is 0 Å². The van der Waals surface area contributed by atoms with Crippen molar-refractivity contribution >= 4 is 18.3 Å². The lowest BCUT2D eigenvalue weighted by Crippen LogP contribution is -2.42. The first kappa shape index (κ1) is 14.7. The van der Waals surface area contributed by atoms with Crippen LogP contribution in [0.3, 0.4) is 0 Å². The largest absolute Gasteiger partial charge is 0.381 e. The quantitative estimate of drug-likeness (QED) is 0.691. The SMILES string of the molecule is CCOCCC(=O)NC1CCNCC1.Cl. The molecule has 4 nitrogen and oxygen atoms in total. The Morgan fingerprint density at radius 1 is 1.47 bits per heavy atom. The number of halogens is 1. The van der Waals surface area contributed by atoms with Crippen molar-refractivity contribution in [3.8, 4) is 0 Å². The average molecular weight is 237 g/mol. The van der Waals surface area contributed by atoms with Crippen LogP contribution in [0.1, 0.15) is 26.2 Å². The Hall–Kier alpha value is -0.320. The molecule has 0 radical (unpaired) electrons. The molecule has 0 spiro atoms. The summed E-state index contributed by atoms with van der Waals surface area (Å²) in [5.41, 5.74) is 0. The number of nitrogens with one attached hydrogen (secondary N) is 2. The fourth-order valence-electron chi connectivity index (χ4n) is 1.58. The van der Waals surface area contributed by atoms with Gasteiger partial charge < -0.3 is 15.4 Å². The Morgan fingerprint density at radius 3 is 2.73 bits per heavy atom. The van der Waals surface area contributed by atoms with E-state index in [1.54, 1.807) is 0 Å². The van der Waals surface area contributed by atoms with E-state index in [1.165, 1.54) is 0 Å². The van der Waals surface area contributed by atoms with Gasteiger partial charge in [-0.15, -0.1) is 12.4 Å². The third kappa shape index (κ3) is 6.71. The smallest absolute Gasteiger partial charge is 0.222 e. The first-order chi connectivity index (χ1) is 6.83. The van der Waals surface area contributed by atoms with Crippen LogP contribution in [0.5, 0.6) is 0 Å². The van der Waals surface area contributed by atoms with Gasteiger partial charge in [0.05, 0.1) is 6.61 Å². The standard InChI is InChI=1S/C10H20N2O2.ClH/c1-2-14-8-5-10(13)12-9-3-6-11-7-4-9;/h9,11H,2-8H2,1H3,(H,12,13);1H. The molecule has 0 atom stereocenters. The van der Waals surface area contributed by atoms with Gasteiger partial charge in [-0.3, -0.25) is 4.79 Å². The number of hydrogen-bond acceptors (Lipinski definition) is 3. The van der Waals surface area contributed by atoms with Gasteiger partial charge in [-0.2, -0.15) is 0 Å². The third-order valence-electron chi connectivity index (χ3n) is 2.38. The lowest BCUT2D eigenvalue weighted by Gasteiger charge is -2.23. The van der Waals surface area contributed by atoms with E-state index >= 15 is 0 Å². The number of piperidine rings is 1. The van der Waals surface area contributed by atoms with Crippen LogP contribution >= 0.6 is 12.4 Å². The number of hydrogen-bond donors (Lipinski definition) is 2. The predicted octanol–water partition coefficient (Wildman–Crippen LogP) is 0.703. The summed E-state index contributed by atoms with van der Waals surface area (Å²) in [7, 11) is 0. The molecule has 0 aromatic carbocycles. The second-order valence-corrected chi connectivity index (χ2v) is 3.54. The van der Waals surface area contributed by atoms with E-state index in [1.807, 2.05) is 6.92 Å². The van der Waals surface area contributed by atoms with Crippen molar-refractivity contribution in [2.24, 2.45) is 0 Å². The minimum absolute atomic E-state index is 0. The molecule has 2 N–H and O–H groups in total. The molecule has 90 valence electrons. The summed E-state index contributed by atoms with van der Waals surface area (Å²) >= 11 is 0. The van der Waals surface area contributed by atoms with Gasteiger partial charge in [0, 0.05) is 19.1 Å². The van der Waals surface area contributed by atoms with Crippen molar-refractivity contribution in [1.29, 1.82) is 0 Å². The van der Waals surface area contributed by atoms with Gasteiger partial charge in [-0.05, 0) is 32.9 Å². The van der Waals surface area contributed by atoms with Crippen molar-refractivity contribution in [3.05, 3.63) is 0 Å². The molecule has 0 aromatic heterocycles. The maximum Gasteiger partial charge on any atom is 0.222 e. The molecule has 15 heavy (non-hydrogen) atoms. The number of carbonyl (C=O) groups excluding carboxylic acids is 1. The normalized spacial score (nSPS) is 16.9. The number of amides is 1. The van der Waals surface area contributed by atoms with E-state index in [-0.39, 0.29) is 18.3 Å². The molecule has 0 aliphatic carbocycles. The van der Waals surface area contributed by atoms with Crippen LogP contribution in [-0.2, 0) is 9.53 Å². The summed E-state index contributed by atoms with van der Waals surface area (Å²) in [6.45, 7) is 5.17. The molecule has 0 saturated carbocycles. The highest BCUT2D eigenvalue weighted by molar-refractivity contribution is 5.85. The minimum Gasteiger partial charge on any atom is -0.381 e. The Balaban J connectivity index is 0.00000196. The molecule has 1 amide bonds. The van der Waals surface area contributed by atoms with Crippen LogP contribution in [-0.4, -0.2) is 38.3 Å². The predicted molar refractivity (Wildman–Crippen MR) is 62.4 cm³/mol. The summed E-state index contributed by atoms with van der Waals surface area (Å²) in [6, 6.07) is 0.366. The summed E-state index contributed by atoms with van der Waals surface area (Å²) in [5, 5.41) is 6.28. The van der Waals surface area contributed by atoms with Gasteiger partial charge in [0.2, 0.25) is 5.91 Å². The Morgan fingerprint density at radius 2 is 2.13 bits per heavy atom. The molecule has 1 heterocycles. The highest BCUT2D eigenvalue weighted by Gasteiger charge is 2.14. The average Bonchev–Trinajstić information content (AvgIpc) is 2.20. The molecule has 1 fully saturated rings. The highest BCUT2D eigenvalue weighted by Crippen LogP contribution is 2.01. The third-order valence-corrected chi connectivity index (χ3v) is 2.38. The van der Waals surface area contributed by atoms with E-state index in [2.05, 4.69) is 10.6 Å². The summed E-state index contributed by atoms with van der Waals surface area (Å²) in [6.07, 6.45) is 2.57. The van der Waals surface area contributed by atoms with Crippen molar-refractivity contribution in [1.82, 2.24) is 10.6 Å². The minimum atomic E-state index is 0. The molecule has 5 heteroatoms. The number of carbonyl (C=O) groups is 1. The molecule has 1 aliphatic heterocycles. The molecule has 0 bridgehead atoms. The van der Waals surface area contributed by atoms with E-state index in [9.17, 15) is 4.79 Å². The topological polar surface area (TPSA) is 50.4 Å². The zero-order valence-electron chi connectivity index (χ0n) is 9.25. The molecule has 1 rings (SSSR count). The van der Waals surface area contributed by atoms with Crippen LogP contribution in [0.15, 0.2) is 0 Å². The Labute approximate surface area is 97.5 Å². The maximum absolute atomic E-state index is 11.4. The van der Waals surface area contributed by atoms with Crippen molar-refractivity contribution in [3.63, 3.8) is 0 Å². The summed E-state index contributed by atoms with van der Waals surface area (Å²) in [5.74, 6) is 0.116. The van der Waals surface area contributed by atoms with E-state index < -0.39 is 0 Å². The Kier molecular flexibility index (Phi) is 8.76. The lowest BCUT2D eigenvalue weighted by molar-refractivity contribution is -0.123. The van der Waals surface area contributed by atoms with Gasteiger partial charge in [-0.1, -0.05) is 0 Å². The maximum atomic E-state index is 11.4. The molecule has 0 unspecified atom stereocenters. The van der Waals surface area contributed by atoms with Gasteiger partial charge in [-0.25, -0.2) is 0 Å². The zero-order valence-corrected chi connectivity index (χ0v) is 10.1. The van der Waals surface area contributed by atoms with Gasteiger partial charge in [0.1, 0.15) is 0 Å². The Bertz CT molecular complexity index is 173. The monoisotopic (exact) mass is 236 g/mol. The van der Waals surface area contributed by atoms with Crippen molar-refractivity contribution in [2.45, 2.75) is 32.2 Å².